The summed E-state index contributed by atoms with van der Waals surface area (Å²) in [5.41, 5.74) is -0.142. The Hall–Kier alpha value is -1.89. The number of nitro benzene ring substituents is 1. The number of halogens is 1. The van der Waals surface area contributed by atoms with E-state index in [1.54, 1.807) is 0 Å². The predicted molar refractivity (Wildman–Crippen MR) is 78.4 cm³/mol. The van der Waals surface area contributed by atoms with Gasteiger partial charge < -0.3 is 10.1 Å². The van der Waals surface area contributed by atoms with Gasteiger partial charge in [-0.25, -0.2) is 4.39 Å². The normalized spacial score (nSPS) is 16.7. The number of ether oxygens (including phenoxy) is 1. The van der Waals surface area contributed by atoms with Gasteiger partial charge in [-0.05, 0) is 32.9 Å². The third-order valence-corrected chi connectivity index (χ3v) is 3.82. The number of likely N-dealkylation sites (tertiary alicyclic amines) is 1. The standard InChI is InChI=1S/C14H20FN3O3/c1-10(17-5-3-4-6-17)9-16-12-8-14(21-2)13(18(19)20)7-11(12)15/h7-8,10,16H,3-6,9H2,1-2H3. The minimum atomic E-state index is -0.654. The van der Waals surface area contributed by atoms with Crippen molar-refractivity contribution in [1.82, 2.24) is 4.90 Å². The highest BCUT2D eigenvalue weighted by Crippen LogP contribution is 2.32. The average molecular weight is 297 g/mol. The van der Waals surface area contributed by atoms with E-state index >= 15 is 0 Å². The minimum Gasteiger partial charge on any atom is -0.490 e. The molecule has 1 fully saturated rings. The van der Waals surface area contributed by atoms with Gasteiger partial charge in [0.2, 0.25) is 0 Å². The molecule has 1 N–H and O–H groups in total. The van der Waals surface area contributed by atoms with E-state index in [9.17, 15) is 14.5 Å². The average Bonchev–Trinajstić information content (AvgIpc) is 2.99. The molecular formula is C14H20FN3O3. The zero-order chi connectivity index (χ0) is 15.4. The molecule has 1 saturated heterocycles. The first-order chi connectivity index (χ1) is 10.0. The molecule has 116 valence electrons. The lowest BCUT2D eigenvalue weighted by atomic mass is 10.2. The highest BCUT2D eigenvalue weighted by Gasteiger charge is 2.21. The topological polar surface area (TPSA) is 67.6 Å². The molecule has 1 atom stereocenters. The Morgan fingerprint density at radius 2 is 2.14 bits per heavy atom. The van der Waals surface area contributed by atoms with Crippen LogP contribution in [0, 0.1) is 15.9 Å². The molecule has 0 aliphatic carbocycles. The lowest BCUT2D eigenvalue weighted by Gasteiger charge is -2.24. The third-order valence-electron chi connectivity index (χ3n) is 3.82. The summed E-state index contributed by atoms with van der Waals surface area (Å²) in [4.78, 5) is 12.5. The van der Waals surface area contributed by atoms with Crippen molar-refractivity contribution >= 4 is 11.4 Å². The Morgan fingerprint density at radius 3 is 2.71 bits per heavy atom. The van der Waals surface area contributed by atoms with Crippen LogP contribution in [0.3, 0.4) is 0 Å². The van der Waals surface area contributed by atoms with Crippen molar-refractivity contribution in [1.29, 1.82) is 0 Å². The van der Waals surface area contributed by atoms with Crippen molar-refractivity contribution < 1.29 is 14.1 Å². The van der Waals surface area contributed by atoms with Crippen LogP contribution >= 0.6 is 0 Å². The van der Waals surface area contributed by atoms with Crippen LogP contribution in [0.25, 0.3) is 0 Å². The second-order valence-corrected chi connectivity index (χ2v) is 5.23. The second kappa shape index (κ2) is 6.71. The van der Waals surface area contributed by atoms with Gasteiger partial charge in [-0.2, -0.15) is 0 Å². The molecule has 7 heteroatoms. The lowest BCUT2D eigenvalue weighted by Crippen LogP contribution is -2.35. The molecule has 0 amide bonds. The smallest absolute Gasteiger partial charge is 0.313 e. The van der Waals surface area contributed by atoms with Gasteiger partial charge in [0.25, 0.3) is 0 Å². The summed E-state index contributed by atoms with van der Waals surface area (Å²) in [6.45, 7) is 4.79. The molecule has 2 rings (SSSR count). The quantitative estimate of drug-likeness (QED) is 0.646. The number of hydrogen-bond acceptors (Lipinski definition) is 5. The number of benzene rings is 1. The molecule has 1 aliphatic rings. The third kappa shape index (κ3) is 3.60. The molecule has 0 aromatic heterocycles. The van der Waals surface area contributed by atoms with Gasteiger partial charge in [-0.15, -0.1) is 0 Å². The molecule has 1 heterocycles. The summed E-state index contributed by atoms with van der Waals surface area (Å²) in [5.74, 6) is -0.589. The van der Waals surface area contributed by atoms with Crippen LogP contribution in [-0.2, 0) is 0 Å². The molecule has 6 nitrogen and oxygen atoms in total. The minimum absolute atomic E-state index is 0.0534. The first-order valence-electron chi connectivity index (χ1n) is 7.02. The summed E-state index contributed by atoms with van der Waals surface area (Å²) < 4.78 is 18.9. The predicted octanol–water partition coefficient (Wildman–Crippen LogP) is 2.64. The monoisotopic (exact) mass is 297 g/mol. The Morgan fingerprint density at radius 1 is 1.48 bits per heavy atom. The fraction of sp³-hybridized carbons (Fsp3) is 0.571. The van der Waals surface area contributed by atoms with Crippen molar-refractivity contribution in [2.75, 3.05) is 32.1 Å². The van der Waals surface area contributed by atoms with Gasteiger partial charge in [0.1, 0.15) is 0 Å². The maximum absolute atomic E-state index is 13.9. The van der Waals surface area contributed by atoms with Crippen molar-refractivity contribution in [2.45, 2.75) is 25.8 Å². The first-order valence-corrected chi connectivity index (χ1v) is 7.02. The van der Waals surface area contributed by atoms with E-state index in [1.165, 1.54) is 26.0 Å². The summed E-state index contributed by atoms with van der Waals surface area (Å²) in [6.07, 6.45) is 2.40. The van der Waals surface area contributed by atoms with E-state index in [0.717, 1.165) is 19.2 Å². The number of methoxy groups -OCH3 is 1. The molecule has 0 saturated carbocycles. The van der Waals surface area contributed by atoms with Crippen LogP contribution in [0.2, 0.25) is 0 Å². The van der Waals surface area contributed by atoms with E-state index in [1.807, 2.05) is 0 Å². The first kappa shape index (κ1) is 15.5. The molecule has 21 heavy (non-hydrogen) atoms. The van der Waals surface area contributed by atoms with E-state index in [-0.39, 0.29) is 23.2 Å². The zero-order valence-electron chi connectivity index (χ0n) is 12.3. The fourth-order valence-electron chi connectivity index (χ4n) is 2.55. The van der Waals surface area contributed by atoms with Crippen molar-refractivity contribution in [3.63, 3.8) is 0 Å². The van der Waals surface area contributed by atoms with Gasteiger partial charge >= 0.3 is 5.69 Å². The van der Waals surface area contributed by atoms with Gasteiger partial charge in [0, 0.05) is 18.7 Å². The van der Waals surface area contributed by atoms with Crippen molar-refractivity contribution in [3.05, 3.63) is 28.1 Å². The molecule has 1 aliphatic heterocycles. The molecule has 1 unspecified atom stereocenters. The Bertz CT molecular complexity index is 518. The van der Waals surface area contributed by atoms with Crippen molar-refractivity contribution in [2.24, 2.45) is 0 Å². The van der Waals surface area contributed by atoms with Gasteiger partial charge in [-0.1, -0.05) is 0 Å². The molecule has 0 bridgehead atoms. The van der Waals surface area contributed by atoms with Crippen LogP contribution < -0.4 is 10.1 Å². The summed E-state index contributed by atoms with van der Waals surface area (Å²) >= 11 is 0. The zero-order valence-corrected chi connectivity index (χ0v) is 12.3. The van der Waals surface area contributed by atoms with Crippen LogP contribution in [-0.4, -0.2) is 42.6 Å². The highest BCUT2D eigenvalue weighted by molar-refractivity contribution is 5.59. The van der Waals surface area contributed by atoms with Gasteiger partial charge in [0.05, 0.1) is 23.8 Å². The van der Waals surface area contributed by atoms with Crippen LogP contribution in [0.5, 0.6) is 5.75 Å². The fourth-order valence-corrected chi connectivity index (χ4v) is 2.55. The maximum atomic E-state index is 13.9. The Balaban J connectivity index is 2.07. The number of nitrogens with zero attached hydrogens (tertiary/aromatic N) is 2. The van der Waals surface area contributed by atoms with Gasteiger partial charge in [-0.3, -0.25) is 15.0 Å². The Kier molecular flexibility index (Phi) is 4.95. The van der Waals surface area contributed by atoms with Gasteiger partial charge in [0.15, 0.2) is 11.6 Å². The maximum Gasteiger partial charge on any atom is 0.313 e. The Labute approximate surface area is 123 Å². The molecule has 0 radical (unpaired) electrons. The number of rotatable bonds is 6. The lowest BCUT2D eigenvalue weighted by molar-refractivity contribution is -0.385. The molecule has 0 spiro atoms. The van der Waals surface area contributed by atoms with E-state index in [0.29, 0.717) is 6.54 Å². The summed E-state index contributed by atoms with van der Waals surface area (Å²) in [5, 5.41) is 13.8. The molecule has 1 aromatic rings. The molecular weight excluding hydrogens is 277 g/mol. The van der Waals surface area contributed by atoms with Crippen LogP contribution in [0.1, 0.15) is 19.8 Å². The van der Waals surface area contributed by atoms with E-state index < -0.39 is 10.7 Å². The number of anilines is 1. The highest BCUT2D eigenvalue weighted by atomic mass is 19.1. The largest absolute Gasteiger partial charge is 0.490 e. The van der Waals surface area contributed by atoms with Crippen molar-refractivity contribution in [3.8, 4) is 5.75 Å². The summed E-state index contributed by atoms with van der Waals surface area (Å²) in [6, 6.07) is 2.51. The van der Waals surface area contributed by atoms with Crippen LogP contribution in [0.4, 0.5) is 15.8 Å². The second-order valence-electron chi connectivity index (χ2n) is 5.23. The SMILES string of the molecule is COc1cc(NCC(C)N2CCCC2)c(F)cc1[N+](=O)[O-]. The summed E-state index contributed by atoms with van der Waals surface area (Å²) in [7, 11) is 1.33. The number of nitrogens with one attached hydrogen (secondary N) is 1. The van der Waals surface area contributed by atoms with E-state index in [2.05, 4.69) is 17.1 Å². The van der Waals surface area contributed by atoms with E-state index in [4.69, 9.17) is 4.74 Å². The van der Waals surface area contributed by atoms with Crippen LogP contribution in [0.15, 0.2) is 12.1 Å². The number of hydrogen-bond donors (Lipinski definition) is 1. The molecule has 1 aromatic carbocycles. The number of nitro groups is 1.